The Morgan fingerprint density at radius 3 is 2.87 bits per heavy atom. The summed E-state index contributed by atoms with van der Waals surface area (Å²) < 4.78 is 33.7. The second-order valence-corrected chi connectivity index (χ2v) is 8.06. The summed E-state index contributed by atoms with van der Waals surface area (Å²) in [4.78, 5) is 2.23. The maximum atomic E-state index is 13.2. The highest BCUT2D eigenvalue weighted by molar-refractivity contribution is 7.89. The Labute approximate surface area is 137 Å². The van der Waals surface area contributed by atoms with Crippen molar-refractivity contribution in [2.75, 3.05) is 33.3 Å². The van der Waals surface area contributed by atoms with Gasteiger partial charge in [0.1, 0.15) is 11.0 Å². The zero-order chi connectivity index (χ0) is 16.6. The lowest BCUT2D eigenvalue weighted by molar-refractivity contribution is -0.0719. The first-order valence-corrected chi connectivity index (χ1v) is 9.21. The Balaban J connectivity index is 2.02. The topological polar surface area (TPSA) is 73.6 Å². The number of nitriles is 1. The van der Waals surface area contributed by atoms with E-state index in [0.717, 1.165) is 13.0 Å². The number of likely N-dealkylation sites (tertiary alicyclic amines) is 1. The third-order valence-corrected chi connectivity index (χ3v) is 6.64. The van der Waals surface area contributed by atoms with Gasteiger partial charge in [-0.05, 0) is 32.0 Å². The molecule has 124 valence electrons. The SMILES string of the molecule is Cc1cccc(S(=O)(=O)N2CCO[C@H]3CCN(C)C[C@@H]32)c1C#N. The predicted octanol–water partition coefficient (Wildman–Crippen LogP) is 0.960. The lowest BCUT2D eigenvalue weighted by Crippen LogP contribution is -2.60. The summed E-state index contributed by atoms with van der Waals surface area (Å²) in [5, 5.41) is 9.37. The molecule has 6 nitrogen and oxygen atoms in total. The molecule has 7 heteroatoms. The van der Waals surface area contributed by atoms with Crippen LogP contribution in [0.15, 0.2) is 23.1 Å². The Morgan fingerprint density at radius 2 is 2.13 bits per heavy atom. The molecule has 1 aromatic rings. The van der Waals surface area contributed by atoms with E-state index in [9.17, 15) is 13.7 Å². The summed E-state index contributed by atoms with van der Waals surface area (Å²) in [5.74, 6) is 0. The minimum absolute atomic E-state index is 0.0648. The van der Waals surface area contributed by atoms with Crippen molar-refractivity contribution in [2.45, 2.75) is 30.4 Å². The first-order chi connectivity index (χ1) is 10.9. The van der Waals surface area contributed by atoms with Crippen LogP contribution in [-0.2, 0) is 14.8 Å². The standard InChI is InChI=1S/C16H21N3O3S/c1-12-4-3-5-16(13(12)10-17)23(20,21)19-8-9-22-15-6-7-18(2)11-14(15)19/h3-5,14-15H,6-9,11H2,1-2H3/t14-,15-/m0/s1. The number of benzene rings is 1. The highest BCUT2D eigenvalue weighted by Gasteiger charge is 2.42. The van der Waals surface area contributed by atoms with Gasteiger partial charge in [0, 0.05) is 19.6 Å². The Hall–Kier alpha value is -1.46. The van der Waals surface area contributed by atoms with E-state index in [2.05, 4.69) is 4.90 Å². The van der Waals surface area contributed by atoms with Gasteiger partial charge in [-0.25, -0.2) is 8.42 Å². The number of hydrogen-bond acceptors (Lipinski definition) is 5. The summed E-state index contributed by atoms with van der Waals surface area (Å²) >= 11 is 0. The van der Waals surface area contributed by atoms with E-state index in [0.29, 0.717) is 25.3 Å². The molecule has 2 aliphatic heterocycles. The van der Waals surface area contributed by atoms with Crippen LogP contribution in [0.2, 0.25) is 0 Å². The summed E-state index contributed by atoms with van der Waals surface area (Å²) in [6.07, 6.45) is 0.761. The number of aryl methyl sites for hydroxylation is 1. The number of nitrogens with zero attached hydrogens (tertiary/aromatic N) is 3. The molecule has 2 heterocycles. The van der Waals surface area contributed by atoms with Gasteiger partial charge in [0.2, 0.25) is 10.0 Å². The molecule has 0 radical (unpaired) electrons. The van der Waals surface area contributed by atoms with Crippen LogP contribution in [0.5, 0.6) is 0 Å². The van der Waals surface area contributed by atoms with Crippen LogP contribution in [0.3, 0.4) is 0 Å². The van der Waals surface area contributed by atoms with E-state index in [4.69, 9.17) is 4.74 Å². The smallest absolute Gasteiger partial charge is 0.244 e. The minimum atomic E-state index is -3.72. The molecule has 2 aliphatic rings. The van der Waals surface area contributed by atoms with E-state index >= 15 is 0 Å². The molecule has 0 bridgehead atoms. The van der Waals surface area contributed by atoms with Crippen molar-refractivity contribution in [3.05, 3.63) is 29.3 Å². The number of sulfonamides is 1. The summed E-state index contributed by atoms with van der Waals surface area (Å²) in [6.45, 7) is 4.04. The van der Waals surface area contributed by atoms with Crippen LogP contribution in [-0.4, -0.2) is 63.1 Å². The molecule has 0 aliphatic carbocycles. The van der Waals surface area contributed by atoms with Crippen molar-refractivity contribution in [2.24, 2.45) is 0 Å². The lowest BCUT2D eigenvalue weighted by atomic mass is 10.0. The second kappa shape index (κ2) is 6.21. The van der Waals surface area contributed by atoms with Crippen molar-refractivity contribution in [1.82, 2.24) is 9.21 Å². The average molecular weight is 335 g/mol. The zero-order valence-corrected chi connectivity index (χ0v) is 14.2. The fraction of sp³-hybridized carbons (Fsp3) is 0.562. The van der Waals surface area contributed by atoms with E-state index in [1.165, 1.54) is 10.4 Å². The molecule has 0 N–H and O–H groups in total. The highest BCUT2D eigenvalue weighted by atomic mass is 32.2. The highest BCUT2D eigenvalue weighted by Crippen LogP contribution is 2.30. The van der Waals surface area contributed by atoms with Crippen molar-refractivity contribution in [1.29, 1.82) is 5.26 Å². The fourth-order valence-electron chi connectivity index (χ4n) is 3.42. The summed E-state index contributed by atoms with van der Waals surface area (Å²) in [5.41, 5.74) is 0.916. The Bertz CT molecular complexity index is 741. The normalized spacial score (nSPS) is 26.5. The number of rotatable bonds is 2. The van der Waals surface area contributed by atoms with Crippen molar-refractivity contribution < 1.29 is 13.2 Å². The first kappa shape index (κ1) is 16.4. The van der Waals surface area contributed by atoms with E-state index < -0.39 is 10.0 Å². The van der Waals surface area contributed by atoms with Gasteiger partial charge in [0.05, 0.1) is 24.3 Å². The number of piperidine rings is 1. The van der Waals surface area contributed by atoms with Crippen molar-refractivity contribution in [3.8, 4) is 6.07 Å². The summed E-state index contributed by atoms with van der Waals surface area (Å²) in [7, 11) is -1.73. The van der Waals surface area contributed by atoms with Crippen LogP contribution < -0.4 is 0 Å². The number of morpholine rings is 1. The largest absolute Gasteiger partial charge is 0.375 e. The zero-order valence-electron chi connectivity index (χ0n) is 13.4. The minimum Gasteiger partial charge on any atom is -0.375 e. The molecular weight excluding hydrogens is 314 g/mol. The fourth-order valence-corrected chi connectivity index (χ4v) is 5.26. The van der Waals surface area contributed by atoms with Gasteiger partial charge in [0.15, 0.2) is 0 Å². The second-order valence-electron chi connectivity index (χ2n) is 6.20. The van der Waals surface area contributed by atoms with Gasteiger partial charge in [-0.15, -0.1) is 0 Å². The van der Waals surface area contributed by atoms with Crippen molar-refractivity contribution in [3.63, 3.8) is 0 Å². The quantitative estimate of drug-likeness (QED) is 0.805. The molecule has 23 heavy (non-hydrogen) atoms. The molecule has 0 unspecified atom stereocenters. The van der Waals surface area contributed by atoms with E-state index in [1.807, 2.05) is 13.1 Å². The third-order valence-electron chi connectivity index (χ3n) is 4.67. The number of likely N-dealkylation sites (N-methyl/N-ethyl adjacent to an activating group) is 1. The van der Waals surface area contributed by atoms with Crippen molar-refractivity contribution >= 4 is 10.0 Å². The molecule has 0 aromatic heterocycles. The molecule has 1 aromatic carbocycles. The Kier molecular flexibility index (Phi) is 4.43. The van der Waals surface area contributed by atoms with Gasteiger partial charge in [-0.3, -0.25) is 0 Å². The molecule has 0 amide bonds. The van der Waals surface area contributed by atoms with E-state index in [1.54, 1.807) is 19.1 Å². The molecule has 2 fully saturated rings. The van der Waals surface area contributed by atoms with Gasteiger partial charge in [-0.2, -0.15) is 9.57 Å². The van der Waals surface area contributed by atoms with Gasteiger partial charge >= 0.3 is 0 Å². The van der Waals surface area contributed by atoms with Gasteiger partial charge < -0.3 is 9.64 Å². The van der Waals surface area contributed by atoms with Gasteiger partial charge in [0.25, 0.3) is 0 Å². The summed E-state index contributed by atoms with van der Waals surface area (Å²) in [6, 6.07) is 6.82. The van der Waals surface area contributed by atoms with Gasteiger partial charge in [-0.1, -0.05) is 12.1 Å². The third kappa shape index (κ3) is 2.88. The molecule has 2 saturated heterocycles. The maximum absolute atomic E-state index is 13.2. The van der Waals surface area contributed by atoms with Crippen LogP contribution in [0.4, 0.5) is 0 Å². The van der Waals surface area contributed by atoms with Crippen LogP contribution in [0.25, 0.3) is 0 Å². The predicted molar refractivity (Wildman–Crippen MR) is 85.4 cm³/mol. The Morgan fingerprint density at radius 1 is 1.35 bits per heavy atom. The maximum Gasteiger partial charge on any atom is 0.244 e. The number of hydrogen-bond donors (Lipinski definition) is 0. The van der Waals surface area contributed by atoms with Crippen LogP contribution >= 0.6 is 0 Å². The van der Waals surface area contributed by atoms with Crippen LogP contribution in [0, 0.1) is 18.3 Å². The first-order valence-electron chi connectivity index (χ1n) is 7.77. The lowest BCUT2D eigenvalue weighted by Gasteiger charge is -2.45. The number of ether oxygens (including phenoxy) is 1. The average Bonchev–Trinajstić information content (AvgIpc) is 2.53. The van der Waals surface area contributed by atoms with Crippen LogP contribution in [0.1, 0.15) is 17.5 Å². The monoisotopic (exact) mass is 335 g/mol. The number of fused-ring (bicyclic) bond motifs is 1. The molecule has 0 spiro atoms. The molecule has 2 atom stereocenters. The molecule has 0 saturated carbocycles. The molecular formula is C16H21N3O3S. The van der Waals surface area contributed by atoms with E-state index in [-0.39, 0.29) is 22.6 Å². The molecule has 3 rings (SSSR count).